The summed E-state index contributed by atoms with van der Waals surface area (Å²) in [6.07, 6.45) is 0. The van der Waals surface area contributed by atoms with Gasteiger partial charge in [0.05, 0.1) is 18.0 Å². The van der Waals surface area contributed by atoms with Gasteiger partial charge in [0.15, 0.2) is 0 Å². The zero-order chi connectivity index (χ0) is 21.0. The van der Waals surface area contributed by atoms with Crippen molar-refractivity contribution >= 4 is 10.0 Å². The first-order valence-electron chi connectivity index (χ1n) is 9.16. The molecule has 0 saturated heterocycles. The smallest absolute Gasteiger partial charge is 0.241 e. The lowest BCUT2D eigenvalue weighted by Crippen LogP contribution is -2.22. The number of ether oxygens (including phenoxy) is 1. The molecule has 0 aliphatic rings. The minimum atomic E-state index is -3.75. The first-order chi connectivity index (χ1) is 13.8. The molecule has 9 heteroatoms. The van der Waals surface area contributed by atoms with Gasteiger partial charge in [-0.05, 0) is 62.9 Å². The lowest BCUT2D eigenvalue weighted by Gasteiger charge is -2.23. The van der Waals surface area contributed by atoms with Crippen LogP contribution in [0.1, 0.15) is 31.3 Å². The van der Waals surface area contributed by atoms with Gasteiger partial charge in [0, 0.05) is 11.6 Å². The summed E-state index contributed by atoms with van der Waals surface area (Å²) in [6.45, 7) is 4.91. The number of aromatic nitrogens is 2. The van der Waals surface area contributed by atoms with Crippen molar-refractivity contribution in [2.45, 2.75) is 31.3 Å². The van der Waals surface area contributed by atoms with Crippen molar-refractivity contribution in [1.29, 1.82) is 0 Å². The molecule has 0 bridgehead atoms. The highest BCUT2D eigenvalue weighted by molar-refractivity contribution is 7.89. The molecule has 2 aromatic carbocycles. The van der Waals surface area contributed by atoms with E-state index in [4.69, 9.17) is 14.4 Å². The van der Waals surface area contributed by atoms with E-state index in [1.54, 1.807) is 12.1 Å². The SMILES string of the molecule is CCOc1ccc(-c2noc(CN(C)C(C)c3cccc(S(N)(=O)=O)c3)n2)cc1. The van der Waals surface area contributed by atoms with E-state index < -0.39 is 10.0 Å². The molecule has 0 radical (unpaired) electrons. The minimum absolute atomic E-state index is 0.0856. The van der Waals surface area contributed by atoms with Crippen molar-refractivity contribution in [2.24, 2.45) is 5.14 Å². The zero-order valence-electron chi connectivity index (χ0n) is 16.6. The fourth-order valence-corrected chi connectivity index (χ4v) is 3.43. The standard InChI is InChI=1S/C20H24N4O4S/c1-4-27-17-10-8-15(9-11-17)20-22-19(28-23-20)13-24(3)14(2)16-6-5-7-18(12-16)29(21,25)26/h5-12,14H,4,13H2,1-3H3,(H2,21,25,26). The fraction of sp³-hybridized carbons (Fsp3) is 0.300. The van der Waals surface area contributed by atoms with E-state index in [9.17, 15) is 8.42 Å². The van der Waals surface area contributed by atoms with Crippen LogP contribution in [-0.4, -0.2) is 37.1 Å². The summed E-state index contributed by atoms with van der Waals surface area (Å²) in [4.78, 5) is 6.53. The first kappa shape index (κ1) is 21.0. The van der Waals surface area contributed by atoms with Crippen molar-refractivity contribution in [3.63, 3.8) is 0 Å². The lowest BCUT2D eigenvalue weighted by molar-refractivity contribution is 0.216. The highest BCUT2D eigenvalue weighted by atomic mass is 32.2. The van der Waals surface area contributed by atoms with E-state index in [0.717, 1.165) is 16.9 Å². The number of primary sulfonamides is 1. The molecule has 2 N–H and O–H groups in total. The average Bonchev–Trinajstić information content (AvgIpc) is 3.16. The maximum Gasteiger partial charge on any atom is 0.241 e. The Balaban J connectivity index is 1.70. The van der Waals surface area contributed by atoms with E-state index in [1.807, 2.05) is 56.1 Å². The molecular formula is C20H24N4O4S. The van der Waals surface area contributed by atoms with Crippen molar-refractivity contribution < 1.29 is 17.7 Å². The van der Waals surface area contributed by atoms with Gasteiger partial charge >= 0.3 is 0 Å². The lowest BCUT2D eigenvalue weighted by atomic mass is 10.1. The second-order valence-corrected chi connectivity index (χ2v) is 8.24. The van der Waals surface area contributed by atoms with Gasteiger partial charge < -0.3 is 9.26 Å². The third-order valence-electron chi connectivity index (χ3n) is 4.61. The summed E-state index contributed by atoms with van der Waals surface area (Å²) in [5.74, 6) is 1.75. The predicted molar refractivity (Wildman–Crippen MR) is 109 cm³/mol. The number of sulfonamides is 1. The first-order valence-corrected chi connectivity index (χ1v) is 10.7. The van der Waals surface area contributed by atoms with Crippen LogP contribution in [0, 0.1) is 0 Å². The van der Waals surface area contributed by atoms with Gasteiger partial charge in [-0.25, -0.2) is 13.6 Å². The van der Waals surface area contributed by atoms with Crippen LogP contribution in [0.25, 0.3) is 11.4 Å². The normalized spacial score (nSPS) is 12.9. The van der Waals surface area contributed by atoms with Crippen LogP contribution in [-0.2, 0) is 16.6 Å². The van der Waals surface area contributed by atoms with E-state index in [0.29, 0.717) is 24.9 Å². The Morgan fingerprint density at radius 3 is 2.59 bits per heavy atom. The number of nitrogens with zero attached hydrogens (tertiary/aromatic N) is 3. The van der Waals surface area contributed by atoms with Crippen molar-refractivity contribution in [1.82, 2.24) is 15.0 Å². The second kappa shape index (κ2) is 8.73. The Kier molecular flexibility index (Phi) is 6.31. The molecule has 3 aromatic rings. The van der Waals surface area contributed by atoms with Gasteiger partial charge in [0.1, 0.15) is 5.75 Å². The molecule has 29 heavy (non-hydrogen) atoms. The van der Waals surface area contributed by atoms with Crippen LogP contribution in [0.4, 0.5) is 0 Å². The van der Waals surface area contributed by atoms with Crippen LogP contribution < -0.4 is 9.88 Å². The van der Waals surface area contributed by atoms with E-state index in [1.165, 1.54) is 6.07 Å². The molecule has 1 atom stereocenters. The van der Waals surface area contributed by atoms with Gasteiger partial charge in [-0.2, -0.15) is 4.98 Å². The van der Waals surface area contributed by atoms with Gasteiger partial charge in [-0.1, -0.05) is 17.3 Å². The summed E-state index contributed by atoms with van der Waals surface area (Å²) in [5, 5.41) is 9.27. The maximum absolute atomic E-state index is 11.6. The number of nitrogens with two attached hydrogens (primary N) is 1. The number of benzene rings is 2. The van der Waals surface area contributed by atoms with Crippen LogP contribution in [0.5, 0.6) is 5.75 Å². The molecule has 1 aromatic heterocycles. The van der Waals surface area contributed by atoms with Crippen LogP contribution in [0.15, 0.2) is 57.9 Å². The molecule has 8 nitrogen and oxygen atoms in total. The highest BCUT2D eigenvalue weighted by Crippen LogP contribution is 2.24. The van der Waals surface area contributed by atoms with E-state index in [-0.39, 0.29) is 10.9 Å². The summed E-state index contributed by atoms with van der Waals surface area (Å²) >= 11 is 0. The van der Waals surface area contributed by atoms with Crippen molar-refractivity contribution in [2.75, 3.05) is 13.7 Å². The van der Waals surface area contributed by atoms with E-state index in [2.05, 4.69) is 10.1 Å². The molecule has 154 valence electrons. The highest BCUT2D eigenvalue weighted by Gasteiger charge is 2.18. The Labute approximate surface area is 170 Å². The molecule has 1 unspecified atom stereocenters. The molecule has 0 spiro atoms. The van der Waals surface area contributed by atoms with Gasteiger partial charge in [0.25, 0.3) is 0 Å². The molecule has 0 fully saturated rings. The number of hydrogen-bond acceptors (Lipinski definition) is 7. The summed E-state index contributed by atoms with van der Waals surface area (Å²) in [7, 11) is -1.85. The van der Waals surface area contributed by atoms with E-state index >= 15 is 0 Å². The Morgan fingerprint density at radius 2 is 1.93 bits per heavy atom. The summed E-state index contributed by atoms with van der Waals surface area (Å²) in [6, 6.07) is 14.0. The largest absolute Gasteiger partial charge is 0.494 e. The molecule has 0 aliphatic heterocycles. The van der Waals surface area contributed by atoms with Crippen molar-refractivity contribution in [3.05, 3.63) is 60.0 Å². The second-order valence-electron chi connectivity index (χ2n) is 6.68. The number of rotatable bonds is 8. The van der Waals surface area contributed by atoms with Crippen LogP contribution in [0.3, 0.4) is 0 Å². The topological polar surface area (TPSA) is 112 Å². The monoisotopic (exact) mass is 416 g/mol. The van der Waals surface area contributed by atoms with Gasteiger partial charge in [-0.3, -0.25) is 4.90 Å². The minimum Gasteiger partial charge on any atom is -0.494 e. The molecule has 0 saturated carbocycles. The quantitative estimate of drug-likeness (QED) is 0.601. The fourth-order valence-electron chi connectivity index (χ4n) is 2.86. The van der Waals surface area contributed by atoms with Gasteiger partial charge in [-0.15, -0.1) is 0 Å². The summed E-state index contributed by atoms with van der Waals surface area (Å²) < 4.78 is 34.0. The maximum atomic E-state index is 11.6. The van der Waals surface area contributed by atoms with Crippen LogP contribution in [0.2, 0.25) is 0 Å². The Morgan fingerprint density at radius 1 is 1.21 bits per heavy atom. The predicted octanol–water partition coefficient (Wildman–Crippen LogP) is 2.98. The molecule has 1 heterocycles. The van der Waals surface area contributed by atoms with Gasteiger partial charge in [0.2, 0.25) is 21.7 Å². The third kappa shape index (κ3) is 5.20. The zero-order valence-corrected chi connectivity index (χ0v) is 17.4. The third-order valence-corrected chi connectivity index (χ3v) is 5.52. The molecule has 3 rings (SSSR count). The Bertz CT molecular complexity index is 1060. The molecular weight excluding hydrogens is 392 g/mol. The summed E-state index contributed by atoms with van der Waals surface area (Å²) in [5.41, 5.74) is 1.66. The average molecular weight is 417 g/mol. The molecule has 0 amide bonds. The Hall–Kier alpha value is -2.75. The van der Waals surface area contributed by atoms with Crippen molar-refractivity contribution in [3.8, 4) is 17.1 Å². The molecule has 0 aliphatic carbocycles. The number of hydrogen-bond donors (Lipinski definition) is 1. The van der Waals surface area contributed by atoms with Crippen LogP contribution >= 0.6 is 0 Å².